The molecule has 0 bridgehead atoms. The van der Waals surface area contributed by atoms with E-state index >= 15 is 0 Å². The van der Waals surface area contributed by atoms with Crippen molar-refractivity contribution < 1.29 is 9.53 Å². The SMILES string of the molecule is CC(C)NC(=O)CCOc1ccc2c(c1)C(N)CCC2. The summed E-state index contributed by atoms with van der Waals surface area (Å²) in [5.74, 6) is 0.827. The van der Waals surface area contributed by atoms with E-state index in [1.165, 1.54) is 11.1 Å². The molecule has 1 aromatic rings. The van der Waals surface area contributed by atoms with Crippen molar-refractivity contribution in [3.8, 4) is 5.75 Å². The quantitative estimate of drug-likeness (QED) is 0.867. The largest absolute Gasteiger partial charge is 0.493 e. The summed E-state index contributed by atoms with van der Waals surface area (Å²) < 4.78 is 5.66. The van der Waals surface area contributed by atoms with Crippen molar-refractivity contribution in [1.29, 1.82) is 0 Å². The van der Waals surface area contributed by atoms with Crippen LogP contribution in [0.3, 0.4) is 0 Å². The minimum atomic E-state index is 0.0228. The molecule has 0 saturated carbocycles. The summed E-state index contributed by atoms with van der Waals surface area (Å²) in [5, 5.41) is 2.85. The van der Waals surface area contributed by atoms with Gasteiger partial charge in [0.05, 0.1) is 13.0 Å². The molecule has 0 heterocycles. The van der Waals surface area contributed by atoms with Crippen molar-refractivity contribution in [3.63, 3.8) is 0 Å². The fraction of sp³-hybridized carbons (Fsp3) is 0.562. The summed E-state index contributed by atoms with van der Waals surface area (Å²) >= 11 is 0. The van der Waals surface area contributed by atoms with Gasteiger partial charge in [-0.1, -0.05) is 6.07 Å². The molecule has 0 aromatic heterocycles. The summed E-state index contributed by atoms with van der Waals surface area (Å²) in [6.45, 7) is 4.29. The van der Waals surface area contributed by atoms with Gasteiger partial charge in [0.15, 0.2) is 0 Å². The molecule has 3 N–H and O–H groups in total. The van der Waals surface area contributed by atoms with Crippen molar-refractivity contribution in [1.82, 2.24) is 5.32 Å². The molecule has 2 rings (SSSR count). The van der Waals surface area contributed by atoms with Crippen LogP contribution in [0.5, 0.6) is 5.75 Å². The molecule has 110 valence electrons. The van der Waals surface area contributed by atoms with E-state index in [-0.39, 0.29) is 18.0 Å². The lowest BCUT2D eigenvalue weighted by molar-refractivity contribution is -0.122. The second kappa shape index (κ2) is 6.75. The third kappa shape index (κ3) is 3.97. The van der Waals surface area contributed by atoms with E-state index < -0.39 is 0 Å². The van der Waals surface area contributed by atoms with Gasteiger partial charge in [-0.25, -0.2) is 0 Å². The van der Waals surface area contributed by atoms with Gasteiger partial charge < -0.3 is 15.8 Å². The molecule has 0 fully saturated rings. The van der Waals surface area contributed by atoms with Crippen molar-refractivity contribution >= 4 is 5.91 Å². The van der Waals surface area contributed by atoms with Crippen molar-refractivity contribution in [2.24, 2.45) is 5.73 Å². The van der Waals surface area contributed by atoms with Gasteiger partial charge in [0.2, 0.25) is 5.91 Å². The highest BCUT2D eigenvalue weighted by molar-refractivity contribution is 5.76. The number of benzene rings is 1. The number of nitrogens with one attached hydrogen (secondary N) is 1. The fourth-order valence-electron chi connectivity index (χ4n) is 2.56. The van der Waals surface area contributed by atoms with Crippen LogP contribution in [0.2, 0.25) is 0 Å². The molecule has 4 heteroatoms. The van der Waals surface area contributed by atoms with Crippen molar-refractivity contribution in [2.45, 2.75) is 51.6 Å². The van der Waals surface area contributed by atoms with Crippen LogP contribution in [0.1, 0.15) is 50.3 Å². The topological polar surface area (TPSA) is 64.3 Å². The van der Waals surface area contributed by atoms with Gasteiger partial charge in [-0.3, -0.25) is 4.79 Å². The molecule has 1 unspecified atom stereocenters. The zero-order chi connectivity index (χ0) is 14.5. The van der Waals surface area contributed by atoms with Gasteiger partial charge in [-0.2, -0.15) is 0 Å². The Morgan fingerprint density at radius 3 is 3.05 bits per heavy atom. The van der Waals surface area contributed by atoms with E-state index in [1.54, 1.807) is 0 Å². The smallest absolute Gasteiger partial charge is 0.223 e. The average molecular weight is 276 g/mol. The Balaban J connectivity index is 1.88. The summed E-state index contributed by atoms with van der Waals surface area (Å²) in [7, 11) is 0. The maximum atomic E-state index is 11.5. The number of rotatable bonds is 5. The van der Waals surface area contributed by atoms with Gasteiger partial charge in [0, 0.05) is 12.1 Å². The maximum absolute atomic E-state index is 11.5. The van der Waals surface area contributed by atoms with E-state index in [0.29, 0.717) is 13.0 Å². The molecule has 0 saturated heterocycles. The van der Waals surface area contributed by atoms with E-state index in [0.717, 1.165) is 25.0 Å². The number of aryl methyl sites for hydroxylation is 1. The molecule has 0 radical (unpaired) electrons. The Morgan fingerprint density at radius 1 is 1.50 bits per heavy atom. The Hall–Kier alpha value is -1.55. The minimum absolute atomic E-state index is 0.0228. The molecule has 1 amide bonds. The first-order valence-electron chi connectivity index (χ1n) is 7.37. The third-order valence-electron chi connectivity index (χ3n) is 3.53. The number of fused-ring (bicyclic) bond motifs is 1. The number of hydrogen-bond acceptors (Lipinski definition) is 3. The molecule has 0 aliphatic heterocycles. The van der Waals surface area contributed by atoms with Crippen LogP contribution in [0.15, 0.2) is 18.2 Å². The van der Waals surface area contributed by atoms with E-state index in [1.807, 2.05) is 26.0 Å². The zero-order valence-electron chi connectivity index (χ0n) is 12.3. The maximum Gasteiger partial charge on any atom is 0.223 e. The number of carbonyl (C=O) groups excluding carboxylic acids is 1. The first-order valence-corrected chi connectivity index (χ1v) is 7.37. The van der Waals surface area contributed by atoms with Crippen molar-refractivity contribution in [2.75, 3.05) is 6.61 Å². The summed E-state index contributed by atoms with van der Waals surface area (Å²) in [6, 6.07) is 6.38. The van der Waals surface area contributed by atoms with E-state index in [9.17, 15) is 4.79 Å². The van der Waals surface area contributed by atoms with Crippen LogP contribution in [-0.2, 0) is 11.2 Å². The van der Waals surface area contributed by atoms with Crippen LogP contribution in [0.25, 0.3) is 0 Å². The van der Waals surface area contributed by atoms with Crippen LogP contribution < -0.4 is 15.8 Å². The van der Waals surface area contributed by atoms with Gasteiger partial charge in [-0.05, 0) is 56.4 Å². The molecular formula is C16H24N2O2. The number of amides is 1. The lowest BCUT2D eigenvalue weighted by Crippen LogP contribution is -2.31. The van der Waals surface area contributed by atoms with Crippen LogP contribution >= 0.6 is 0 Å². The van der Waals surface area contributed by atoms with Gasteiger partial charge in [0.25, 0.3) is 0 Å². The van der Waals surface area contributed by atoms with Crippen LogP contribution in [-0.4, -0.2) is 18.6 Å². The molecule has 1 aliphatic carbocycles. The van der Waals surface area contributed by atoms with Crippen molar-refractivity contribution in [3.05, 3.63) is 29.3 Å². The first kappa shape index (κ1) is 14.9. The molecule has 4 nitrogen and oxygen atoms in total. The van der Waals surface area contributed by atoms with Gasteiger partial charge in [0.1, 0.15) is 5.75 Å². The minimum Gasteiger partial charge on any atom is -0.493 e. The van der Waals surface area contributed by atoms with Crippen LogP contribution in [0, 0.1) is 0 Å². The molecule has 0 spiro atoms. The Bertz CT molecular complexity index is 472. The highest BCUT2D eigenvalue weighted by atomic mass is 16.5. The van der Waals surface area contributed by atoms with Gasteiger partial charge >= 0.3 is 0 Å². The Morgan fingerprint density at radius 2 is 2.30 bits per heavy atom. The zero-order valence-corrected chi connectivity index (χ0v) is 12.3. The lowest BCUT2D eigenvalue weighted by atomic mass is 9.88. The molecule has 1 aliphatic rings. The molecule has 1 aromatic carbocycles. The predicted octanol–water partition coefficient (Wildman–Crippen LogP) is 2.32. The molecular weight excluding hydrogens is 252 g/mol. The van der Waals surface area contributed by atoms with E-state index in [2.05, 4.69) is 11.4 Å². The Kier molecular flexibility index (Phi) is 5.01. The third-order valence-corrected chi connectivity index (χ3v) is 3.53. The highest BCUT2D eigenvalue weighted by Crippen LogP contribution is 2.30. The number of carbonyl (C=O) groups is 1. The normalized spacial score (nSPS) is 17.7. The summed E-state index contributed by atoms with van der Waals surface area (Å²) in [6.07, 6.45) is 3.67. The van der Waals surface area contributed by atoms with Crippen LogP contribution in [0.4, 0.5) is 0 Å². The molecule has 20 heavy (non-hydrogen) atoms. The number of ether oxygens (including phenoxy) is 1. The second-order valence-electron chi connectivity index (χ2n) is 5.68. The fourth-order valence-corrected chi connectivity index (χ4v) is 2.56. The van der Waals surface area contributed by atoms with E-state index in [4.69, 9.17) is 10.5 Å². The Labute approximate surface area is 120 Å². The second-order valence-corrected chi connectivity index (χ2v) is 5.68. The number of hydrogen-bond donors (Lipinski definition) is 2. The standard InChI is InChI=1S/C16H24N2O2/c1-11(2)18-16(19)8-9-20-13-7-6-12-4-3-5-15(17)14(12)10-13/h6-7,10-11,15H,3-5,8-9,17H2,1-2H3,(H,18,19). The number of nitrogens with two attached hydrogens (primary N) is 1. The average Bonchev–Trinajstić information content (AvgIpc) is 2.39. The monoisotopic (exact) mass is 276 g/mol. The highest BCUT2D eigenvalue weighted by Gasteiger charge is 2.17. The molecule has 1 atom stereocenters. The summed E-state index contributed by atoms with van der Waals surface area (Å²) in [4.78, 5) is 11.5. The first-order chi connectivity index (χ1) is 9.56. The lowest BCUT2D eigenvalue weighted by Gasteiger charge is -2.22. The predicted molar refractivity (Wildman–Crippen MR) is 79.7 cm³/mol. The summed E-state index contributed by atoms with van der Waals surface area (Å²) in [5.41, 5.74) is 8.65. The van der Waals surface area contributed by atoms with Gasteiger partial charge in [-0.15, -0.1) is 0 Å².